The number of hydrogen-bond donors (Lipinski definition) is 3. The summed E-state index contributed by atoms with van der Waals surface area (Å²) in [5.41, 5.74) is 1.41. The number of rotatable bonds is 4. The molecule has 0 aromatic heterocycles. The van der Waals surface area contributed by atoms with Crippen molar-refractivity contribution in [3.8, 4) is 0 Å². The van der Waals surface area contributed by atoms with Crippen molar-refractivity contribution in [1.29, 1.82) is 0 Å². The molecule has 0 saturated carbocycles. The minimum atomic E-state index is -0.271. The maximum atomic E-state index is 11.3. The summed E-state index contributed by atoms with van der Waals surface area (Å²) in [6, 6.07) is 6.69. The van der Waals surface area contributed by atoms with Crippen LogP contribution in [0.5, 0.6) is 0 Å². The predicted molar refractivity (Wildman–Crippen MR) is 68.1 cm³/mol. The second kappa shape index (κ2) is 6.52. The molecule has 0 aliphatic heterocycles. The van der Waals surface area contributed by atoms with Crippen LogP contribution in [0.4, 0.5) is 16.2 Å². The Hall–Kier alpha value is -2.04. The van der Waals surface area contributed by atoms with Gasteiger partial charge in [-0.15, -0.1) is 0 Å². The van der Waals surface area contributed by atoms with Gasteiger partial charge in [0.1, 0.15) is 0 Å². The zero-order valence-corrected chi connectivity index (χ0v) is 10.0. The van der Waals surface area contributed by atoms with E-state index in [4.69, 9.17) is 0 Å². The van der Waals surface area contributed by atoms with E-state index in [0.717, 1.165) is 12.1 Å². The molecule has 1 aromatic rings. The van der Waals surface area contributed by atoms with E-state index in [1.165, 1.54) is 0 Å². The van der Waals surface area contributed by atoms with E-state index < -0.39 is 0 Å². The standard InChI is InChI=1S/C12H17N3O2/c1-3-4-11(16)14-9-5-7-10(8-6-9)15-12(17)13-2/h5-8H,3-4H2,1-2H3,(H,14,16)(H2,13,15,17). The lowest BCUT2D eigenvalue weighted by atomic mass is 10.2. The molecule has 0 saturated heterocycles. The average Bonchev–Trinajstić information content (AvgIpc) is 2.32. The Bertz CT molecular complexity index is 387. The molecule has 17 heavy (non-hydrogen) atoms. The zero-order chi connectivity index (χ0) is 12.7. The van der Waals surface area contributed by atoms with Crippen LogP contribution in [0.3, 0.4) is 0 Å². The van der Waals surface area contributed by atoms with Crippen molar-refractivity contribution in [3.05, 3.63) is 24.3 Å². The third-order valence-corrected chi connectivity index (χ3v) is 2.13. The van der Waals surface area contributed by atoms with Gasteiger partial charge in [-0.05, 0) is 30.7 Å². The SMILES string of the molecule is CCCC(=O)Nc1ccc(NC(=O)NC)cc1. The highest BCUT2D eigenvalue weighted by Gasteiger charge is 2.01. The quantitative estimate of drug-likeness (QED) is 0.748. The molecule has 0 radical (unpaired) electrons. The fraction of sp³-hybridized carbons (Fsp3) is 0.333. The van der Waals surface area contributed by atoms with Crippen molar-refractivity contribution in [2.24, 2.45) is 0 Å². The molecule has 0 heterocycles. The molecule has 5 heteroatoms. The minimum Gasteiger partial charge on any atom is -0.341 e. The number of anilines is 2. The van der Waals surface area contributed by atoms with Gasteiger partial charge in [-0.2, -0.15) is 0 Å². The Morgan fingerprint density at radius 2 is 1.59 bits per heavy atom. The summed E-state index contributed by atoms with van der Waals surface area (Å²) in [6.07, 6.45) is 1.33. The van der Waals surface area contributed by atoms with E-state index in [1.54, 1.807) is 31.3 Å². The lowest BCUT2D eigenvalue weighted by molar-refractivity contribution is -0.116. The van der Waals surface area contributed by atoms with Gasteiger partial charge in [-0.3, -0.25) is 4.79 Å². The van der Waals surface area contributed by atoms with E-state index in [1.807, 2.05) is 6.92 Å². The van der Waals surface area contributed by atoms with Gasteiger partial charge in [-0.25, -0.2) is 4.79 Å². The van der Waals surface area contributed by atoms with Crippen LogP contribution in [0.2, 0.25) is 0 Å². The van der Waals surface area contributed by atoms with Gasteiger partial charge in [0.05, 0.1) is 0 Å². The Kier molecular flexibility index (Phi) is 5.00. The van der Waals surface area contributed by atoms with Crippen LogP contribution in [-0.4, -0.2) is 19.0 Å². The van der Waals surface area contributed by atoms with Crippen molar-refractivity contribution in [2.75, 3.05) is 17.7 Å². The molecular formula is C12H17N3O2. The van der Waals surface area contributed by atoms with Crippen LogP contribution in [0, 0.1) is 0 Å². The van der Waals surface area contributed by atoms with Gasteiger partial charge in [0, 0.05) is 24.8 Å². The van der Waals surface area contributed by atoms with Gasteiger partial charge < -0.3 is 16.0 Å². The number of hydrogen-bond acceptors (Lipinski definition) is 2. The molecular weight excluding hydrogens is 218 g/mol. The van der Waals surface area contributed by atoms with Crippen molar-refractivity contribution >= 4 is 23.3 Å². The molecule has 0 unspecified atom stereocenters. The van der Waals surface area contributed by atoms with E-state index in [0.29, 0.717) is 12.1 Å². The lowest BCUT2D eigenvalue weighted by Crippen LogP contribution is -2.24. The van der Waals surface area contributed by atoms with E-state index >= 15 is 0 Å². The molecule has 0 aliphatic carbocycles. The Morgan fingerprint density at radius 3 is 2.06 bits per heavy atom. The number of carbonyl (C=O) groups excluding carboxylic acids is 2. The van der Waals surface area contributed by atoms with Crippen molar-refractivity contribution in [2.45, 2.75) is 19.8 Å². The number of urea groups is 1. The number of benzene rings is 1. The number of amides is 3. The van der Waals surface area contributed by atoms with Crippen LogP contribution in [0.25, 0.3) is 0 Å². The maximum absolute atomic E-state index is 11.3. The van der Waals surface area contributed by atoms with Gasteiger partial charge in [0.2, 0.25) is 5.91 Å². The first-order chi connectivity index (χ1) is 8.15. The highest BCUT2D eigenvalue weighted by atomic mass is 16.2. The Balaban J connectivity index is 2.55. The Morgan fingerprint density at radius 1 is 1.06 bits per heavy atom. The van der Waals surface area contributed by atoms with Gasteiger partial charge in [0.25, 0.3) is 0 Å². The normalized spacial score (nSPS) is 9.53. The second-order valence-corrected chi connectivity index (χ2v) is 3.58. The van der Waals surface area contributed by atoms with Crippen LogP contribution in [-0.2, 0) is 4.79 Å². The molecule has 3 amide bonds. The molecule has 0 bridgehead atoms. The molecule has 1 aromatic carbocycles. The fourth-order valence-corrected chi connectivity index (χ4v) is 1.28. The van der Waals surface area contributed by atoms with E-state index in [2.05, 4.69) is 16.0 Å². The van der Waals surface area contributed by atoms with Gasteiger partial charge in [-0.1, -0.05) is 6.92 Å². The summed E-state index contributed by atoms with van der Waals surface area (Å²) in [5.74, 6) is -0.000453. The molecule has 0 aliphatic rings. The summed E-state index contributed by atoms with van der Waals surface area (Å²) < 4.78 is 0. The van der Waals surface area contributed by atoms with Crippen LogP contribution in [0.1, 0.15) is 19.8 Å². The summed E-state index contributed by atoms with van der Waals surface area (Å²) in [7, 11) is 1.55. The van der Waals surface area contributed by atoms with E-state index in [9.17, 15) is 9.59 Å². The van der Waals surface area contributed by atoms with Crippen molar-refractivity contribution < 1.29 is 9.59 Å². The highest BCUT2D eigenvalue weighted by molar-refractivity contribution is 5.92. The second-order valence-electron chi connectivity index (χ2n) is 3.58. The first kappa shape index (κ1) is 13.0. The molecule has 0 fully saturated rings. The molecule has 1 rings (SSSR count). The van der Waals surface area contributed by atoms with Crippen LogP contribution < -0.4 is 16.0 Å². The Labute approximate surface area is 101 Å². The first-order valence-electron chi connectivity index (χ1n) is 5.54. The minimum absolute atomic E-state index is 0.000453. The van der Waals surface area contributed by atoms with E-state index in [-0.39, 0.29) is 11.9 Å². The monoisotopic (exact) mass is 235 g/mol. The maximum Gasteiger partial charge on any atom is 0.318 e. The first-order valence-corrected chi connectivity index (χ1v) is 5.54. The lowest BCUT2D eigenvalue weighted by Gasteiger charge is -2.07. The summed E-state index contributed by atoms with van der Waals surface area (Å²) in [5, 5.41) is 7.86. The number of carbonyl (C=O) groups is 2. The van der Waals surface area contributed by atoms with Crippen molar-refractivity contribution in [3.63, 3.8) is 0 Å². The zero-order valence-electron chi connectivity index (χ0n) is 10.0. The summed E-state index contributed by atoms with van der Waals surface area (Å²) >= 11 is 0. The molecule has 0 atom stereocenters. The molecule has 0 spiro atoms. The highest BCUT2D eigenvalue weighted by Crippen LogP contribution is 2.13. The number of nitrogens with one attached hydrogen (secondary N) is 3. The molecule has 5 nitrogen and oxygen atoms in total. The average molecular weight is 235 g/mol. The molecule has 3 N–H and O–H groups in total. The third kappa shape index (κ3) is 4.55. The van der Waals surface area contributed by atoms with Crippen molar-refractivity contribution in [1.82, 2.24) is 5.32 Å². The van der Waals surface area contributed by atoms with Gasteiger partial charge in [0.15, 0.2) is 0 Å². The smallest absolute Gasteiger partial charge is 0.318 e. The summed E-state index contributed by atoms with van der Waals surface area (Å²) in [6.45, 7) is 1.95. The summed E-state index contributed by atoms with van der Waals surface area (Å²) in [4.78, 5) is 22.4. The van der Waals surface area contributed by atoms with Crippen LogP contribution in [0.15, 0.2) is 24.3 Å². The van der Waals surface area contributed by atoms with Gasteiger partial charge >= 0.3 is 6.03 Å². The molecule has 92 valence electrons. The third-order valence-electron chi connectivity index (χ3n) is 2.13. The largest absolute Gasteiger partial charge is 0.341 e. The fourth-order valence-electron chi connectivity index (χ4n) is 1.28. The topological polar surface area (TPSA) is 70.2 Å². The van der Waals surface area contributed by atoms with Crippen LogP contribution >= 0.6 is 0 Å². The predicted octanol–water partition coefficient (Wildman–Crippen LogP) is 2.18.